The zero-order valence-corrected chi connectivity index (χ0v) is 36.9. The Hall–Kier alpha value is -2.63. The summed E-state index contributed by atoms with van der Waals surface area (Å²) < 4.78 is 16.7. The Labute approximate surface area is 346 Å². The average Bonchev–Trinajstić information content (AvgIpc) is 3.19. The second-order valence-electron chi connectivity index (χ2n) is 15.7. The first-order valence-corrected chi connectivity index (χ1v) is 23.6. The molecular formula is C50H88O6. The normalized spacial score (nSPS) is 12.4. The number of hydrogen-bond donors (Lipinski definition) is 0. The highest BCUT2D eigenvalue weighted by Crippen LogP contribution is 2.14. The number of carbonyl (C=O) groups excluding carboxylic acids is 3. The van der Waals surface area contributed by atoms with Gasteiger partial charge >= 0.3 is 17.9 Å². The van der Waals surface area contributed by atoms with Gasteiger partial charge in [-0.25, -0.2) is 0 Å². The van der Waals surface area contributed by atoms with Crippen molar-refractivity contribution in [3.63, 3.8) is 0 Å². The zero-order chi connectivity index (χ0) is 40.8. The first kappa shape index (κ1) is 53.4. The van der Waals surface area contributed by atoms with Crippen LogP contribution >= 0.6 is 0 Å². The number of hydrogen-bond acceptors (Lipinski definition) is 6. The molecule has 0 aromatic heterocycles. The van der Waals surface area contributed by atoms with E-state index < -0.39 is 6.10 Å². The van der Waals surface area contributed by atoms with E-state index in [1.165, 1.54) is 83.5 Å². The summed E-state index contributed by atoms with van der Waals surface area (Å²) in [5.74, 6) is -0.913. The fraction of sp³-hybridized carbons (Fsp3) is 0.780. The molecule has 0 spiro atoms. The third-order valence-corrected chi connectivity index (χ3v) is 10.0. The Balaban J connectivity index is 4.38. The van der Waals surface area contributed by atoms with Gasteiger partial charge in [-0.05, 0) is 77.0 Å². The maximum Gasteiger partial charge on any atom is 0.306 e. The maximum atomic E-state index is 12.7. The number of ether oxygens (including phenoxy) is 3. The van der Waals surface area contributed by atoms with E-state index in [2.05, 4.69) is 69.4 Å². The summed E-state index contributed by atoms with van der Waals surface area (Å²) >= 11 is 0. The molecule has 56 heavy (non-hydrogen) atoms. The summed E-state index contributed by atoms with van der Waals surface area (Å²) in [6.07, 6.45) is 52.3. The van der Waals surface area contributed by atoms with E-state index in [9.17, 15) is 14.4 Å². The number of esters is 3. The predicted octanol–water partition coefficient (Wildman–Crippen LogP) is 15.1. The molecule has 0 saturated carbocycles. The van der Waals surface area contributed by atoms with Crippen molar-refractivity contribution in [2.24, 2.45) is 0 Å². The van der Waals surface area contributed by atoms with Crippen molar-refractivity contribution in [1.29, 1.82) is 0 Å². The van der Waals surface area contributed by atoms with Crippen LogP contribution in [0.25, 0.3) is 0 Å². The van der Waals surface area contributed by atoms with Crippen LogP contribution < -0.4 is 0 Å². The van der Waals surface area contributed by atoms with E-state index >= 15 is 0 Å². The SMILES string of the molecule is CCC/C=C\C/C=C\CCCCCCCC(=O)OC(COC(=O)CCCCCCC/C=C\C/C=C\CCCCCC)COC(=O)CCCCCCCCCCC. The van der Waals surface area contributed by atoms with E-state index in [4.69, 9.17) is 14.2 Å². The third kappa shape index (κ3) is 42.5. The molecule has 0 amide bonds. The van der Waals surface area contributed by atoms with E-state index in [0.717, 1.165) is 109 Å². The average molecular weight is 785 g/mol. The van der Waals surface area contributed by atoms with Gasteiger partial charge in [0.1, 0.15) is 13.2 Å². The molecule has 6 nitrogen and oxygen atoms in total. The van der Waals surface area contributed by atoms with E-state index in [1.807, 2.05) is 0 Å². The topological polar surface area (TPSA) is 78.9 Å². The van der Waals surface area contributed by atoms with Crippen LogP contribution in [0.4, 0.5) is 0 Å². The minimum Gasteiger partial charge on any atom is -0.462 e. The fourth-order valence-corrected chi connectivity index (χ4v) is 6.45. The van der Waals surface area contributed by atoms with Crippen LogP contribution in [0.5, 0.6) is 0 Å². The van der Waals surface area contributed by atoms with Gasteiger partial charge < -0.3 is 14.2 Å². The molecule has 0 bridgehead atoms. The first-order valence-electron chi connectivity index (χ1n) is 23.6. The summed E-state index contributed by atoms with van der Waals surface area (Å²) in [6.45, 7) is 6.51. The Morgan fingerprint density at radius 3 is 1.07 bits per heavy atom. The molecule has 0 aliphatic heterocycles. The number of rotatable bonds is 42. The summed E-state index contributed by atoms with van der Waals surface area (Å²) in [7, 11) is 0. The molecule has 0 radical (unpaired) electrons. The molecule has 1 unspecified atom stereocenters. The Kier molecular flexibility index (Phi) is 43.0. The molecule has 0 aliphatic carbocycles. The van der Waals surface area contributed by atoms with Gasteiger partial charge in [-0.15, -0.1) is 0 Å². The number of carbonyl (C=O) groups is 3. The van der Waals surface area contributed by atoms with E-state index in [1.54, 1.807) is 0 Å². The van der Waals surface area contributed by atoms with Crippen molar-refractivity contribution in [2.45, 2.75) is 239 Å². The molecule has 324 valence electrons. The van der Waals surface area contributed by atoms with Crippen LogP contribution in [0.3, 0.4) is 0 Å². The van der Waals surface area contributed by atoms with Crippen LogP contribution in [0.1, 0.15) is 233 Å². The van der Waals surface area contributed by atoms with Gasteiger partial charge in [0.2, 0.25) is 0 Å². The molecule has 0 aromatic carbocycles. The highest BCUT2D eigenvalue weighted by atomic mass is 16.6. The van der Waals surface area contributed by atoms with Crippen LogP contribution in [0.15, 0.2) is 48.6 Å². The number of unbranched alkanes of at least 4 members (excludes halogenated alkanes) is 23. The molecule has 0 saturated heterocycles. The van der Waals surface area contributed by atoms with Gasteiger partial charge in [-0.3, -0.25) is 14.4 Å². The first-order chi connectivity index (χ1) is 27.5. The standard InChI is InChI=1S/C50H88O6/c1-4-7-10-13-16-19-21-23-24-25-27-28-31-34-37-40-43-49(52)55-46-47(45-54-48(51)42-39-36-33-30-18-15-12-9-6-3)56-50(53)44-41-38-35-32-29-26-22-20-17-14-11-8-5-2/h11,14,19-22,24-25,47H,4-10,12-13,15-18,23,26-46H2,1-3H3/b14-11-,21-19-,22-20-,25-24-. The maximum absolute atomic E-state index is 12.7. The van der Waals surface area contributed by atoms with Crippen molar-refractivity contribution in [2.75, 3.05) is 13.2 Å². The summed E-state index contributed by atoms with van der Waals surface area (Å²) in [4.78, 5) is 37.7. The monoisotopic (exact) mass is 785 g/mol. The molecule has 0 aliphatic rings. The lowest BCUT2D eigenvalue weighted by Crippen LogP contribution is -2.30. The largest absolute Gasteiger partial charge is 0.462 e. The molecule has 0 heterocycles. The molecule has 6 heteroatoms. The second kappa shape index (κ2) is 45.1. The lowest BCUT2D eigenvalue weighted by Gasteiger charge is -2.18. The van der Waals surface area contributed by atoms with Gasteiger partial charge in [0.05, 0.1) is 0 Å². The molecule has 0 rings (SSSR count). The van der Waals surface area contributed by atoms with Crippen molar-refractivity contribution in [3.8, 4) is 0 Å². The Morgan fingerprint density at radius 2 is 0.679 bits per heavy atom. The van der Waals surface area contributed by atoms with Gasteiger partial charge in [0, 0.05) is 19.3 Å². The van der Waals surface area contributed by atoms with Gasteiger partial charge in [-0.2, -0.15) is 0 Å². The van der Waals surface area contributed by atoms with Crippen molar-refractivity contribution in [3.05, 3.63) is 48.6 Å². The third-order valence-electron chi connectivity index (χ3n) is 10.0. The zero-order valence-electron chi connectivity index (χ0n) is 36.9. The smallest absolute Gasteiger partial charge is 0.306 e. The second-order valence-corrected chi connectivity index (χ2v) is 15.7. The molecule has 0 N–H and O–H groups in total. The quantitative estimate of drug-likeness (QED) is 0.0265. The lowest BCUT2D eigenvalue weighted by molar-refractivity contribution is -0.167. The number of allylic oxidation sites excluding steroid dienone is 8. The fourth-order valence-electron chi connectivity index (χ4n) is 6.45. The molecular weight excluding hydrogens is 697 g/mol. The van der Waals surface area contributed by atoms with Crippen LogP contribution in [-0.2, 0) is 28.6 Å². The van der Waals surface area contributed by atoms with Gasteiger partial charge in [-0.1, -0.05) is 185 Å². The van der Waals surface area contributed by atoms with Crippen LogP contribution in [-0.4, -0.2) is 37.2 Å². The molecule has 0 fully saturated rings. The van der Waals surface area contributed by atoms with Gasteiger partial charge in [0.25, 0.3) is 0 Å². The van der Waals surface area contributed by atoms with Crippen molar-refractivity contribution >= 4 is 17.9 Å². The van der Waals surface area contributed by atoms with Crippen LogP contribution in [0.2, 0.25) is 0 Å². The highest BCUT2D eigenvalue weighted by Gasteiger charge is 2.19. The van der Waals surface area contributed by atoms with Crippen molar-refractivity contribution < 1.29 is 28.6 Å². The summed E-state index contributed by atoms with van der Waals surface area (Å²) in [6, 6.07) is 0. The highest BCUT2D eigenvalue weighted by molar-refractivity contribution is 5.71. The Morgan fingerprint density at radius 1 is 0.357 bits per heavy atom. The predicted molar refractivity (Wildman–Crippen MR) is 238 cm³/mol. The van der Waals surface area contributed by atoms with Crippen molar-refractivity contribution in [1.82, 2.24) is 0 Å². The lowest BCUT2D eigenvalue weighted by atomic mass is 10.1. The Bertz CT molecular complexity index is 996. The molecule has 1 atom stereocenters. The van der Waals surface area contributed by atoms with Crippen LogP contribution in [0, 0.1) is 0 Å². The summed E-state index contributed by atoms with van der Waals surface area (Å²) in [5.41, 5.74) is 0. The molecule has 0 aromatic rings. The minimum atomic E-state index is -0.781. The van der Waals surface area contributed by atoms with E-state index in [0.29, 0.717) is 19.3 Å². The summed E-state index contributed by atoms with van der Waals surface area (Å²) in [5, 5.41) is 0. The van der Waals surface area contributed by atoms with Gasteiger partial charge in [0.15, 0.2) is 6.10 Å². The van der Waals surface area contributed by atoms with E-state index in [-0.39, 0.29) is 31.1 Å². The minimum absolute atomic E-state index is 0.0824.